The molecular formula is C32H31ClFN3O4S. The average molecular weight is 608 g/mol. The van der Waals surface area contributed by atoms with E-state index < -0.39 is 40.2 Å². The van der Waals surface area contributed by atoms with Crippen molar-refractivity contribution in [1.82, 2.24) is 10.2 Å². The lowest BCUT2D eigenvalue weighted by Gasteiger charge is -2.34. The molecule has 1 atom stereocenters. The van der Waals surface area contributed by atoms with Crippen LogP contribution in [0.25, 0.3) is 0 Å². The van der Waals surface area contributed by atoms with E-state index in [-0.39, 0.29) is 34.1 Å². The molecule has 1 N–H and O–H groups in total. The first-order valence-electron chi connectivity index (χ1n) is 13.2. The number of benzene rings is 4. The summed E-state index contributed by atoms with van der Waals surface area (Å²) in [7, 11) is -2.81. The molecule has 0 saturated heterocycles. The number of nitrogens with one attached hydrogen (secondary N) is 1. The van der Waals surface area contributed by atoms with Gasteiger partial charge < -0.3 is 10.2 Å². The monoisotopic (exact) mass is 607 g/mol. The minimum Gasteiger partial charge on any atom is -0.357 e. The Bertz CT molecular complexity index is 1650. The molecule has 4 aromatic carbocycles. The number of halogens is 2. The Morgan fingerprint density at radius 2 is 1.52 bits per heavy atom. The molecule has 0 aliphatic rings. The number of likely N-dealkylation sites (N-methyl/N-ethyl adjacent to an activating group) is 1. The van der Waals surface area contributed by atoms with Crippen molar-refractivity contribution >= 4 is 39.1 Å². The molecule has 4 aromatic rings. The standard InChI is InChI=1S/C32H31ClFN3O4S/c1-23-17-18-26(33)20-29(23)37(42(40,41)27-14-7-4-8-15-27)22-31(38)36(21-25-13-9-10-16-28(25)34)30(32(39)35-2)19-24-11-5-3-6-12-24/h3-18,20,30H,19,21-22H2,1-2H3,(H,35,39)/t30-/m1/s1. The van der Waals surface area contributed by atoms with Crippen molar-refractivity contribution in [2.24, 2.45) is 0 Å². The Morgan fingerprint density at radius 3 is 2.17 bits per heavy atom. The van der Waals surface area contributed by atoms with Gasteiger partial charge in [-0.15, -0.1) is 0 Å². The summed E-state index contributed by atoms with van der Waals surface area (Å²) >= 11 is 6.27. The maximum Gasteiger partial charge on any atom is 0.264 e. The fourth-order valence-corrected chi connectivity index (χ4v) is 6.27. The van der Waals surface area contributed by atoms with Gasteiger partial charge in [0.05, 0.1) is 10.6 Å². The van der Waals surface area contributed by atoms with E-state index in [1.54, 1.807) is 43.3 Å². The molecule has 42 heavy (non-hydrogen) atoms. The quantitative estimate of drug-likeness (QED) is 0.248. The van der Waals surface area contributed by atoms with Gasteiger partial charge in [0.1, 0.15) is 18.4 Å². The molecule has 0 aliphatic carbocycles. The van der Waals surface area contributed by atoms with Crippen LogP contribution in [0.3, 0.4) is 0 Å². The van der Waals surface area contributed by atoms with E-state index in [1.807, 2.05) is 30.3 Å². The molecule has 0 fully saturated rings. The van der Waals surface area contributed by atoms with Crippen LogP contribution in [-0.2, 0) is 32.6 Å². The Labute approximate surface area is 250 Å². The van der Waals surface area contributed by atoms with Crippen LogP contribution in [0.2, 0.25) is 5.02 Å². The number of rotatable bonds is 11. The van der Waals surface area contributed by atoms with Crippen LogP contribution < -0.4 is 9.62 Å². The van der Waals surface area contributed by atoms with Gasteiger partial charge in [-0.25, -0.2) is 12.8 Å². The second-order valence-corrected chi connectivity index (χ2v) is 12.0. The average Bonchev–Trinajstić information content (AvgIpc) is 3.00. The summed E-state index contributed by atoms with van der Waals surface area (Å²) in [6.45, 7) is 0.794. The molecule has 0 aromatic heterocycles. The molecular weight excluding hydrogens is 577 g/mol. The zero-order chi connectivity index (χ0) is 30.3. The Morgan fingerprint density at radius 1 is 0.905 bits per heavy atom. The van der Waals surface area contributed by atoms with E-state index in [4.69, 9.17) is 11.6 Å². The molecule has 218 valence electrons. The number of hydrogen-bond acceptors (Lipinski definition) is 4. The van der Waals surface area contributed by atoms with E-state index in [0.29, 0.717) is 5.56 Å². The van der Waals surface area contributed by atoms with E-state index >= 15 is 0 Å². The highest BCUT2D eigenvalue weighted by atomic mass is 35.5. The van der Waals surface area contributed by atoms with Gasteiger partial charge in [0, 0.05) is 30.6 Å². The zero-order valence-electron chi connectivity index (χ0n) is 23.2. The summed E-state index contributed by atoms with van der Waals surface area (Å²) < 4.78 is 43.8. The first-order valence-corrected chi connectivity index (χ1v) is 15.1. The number of carbonyl (C=O) groups is 2. The molecule has 0 bridgehead atoms. The highest BCUT2D eigenvalue weighted by molar-refractivity contribution is 7.92. The largest absolute Gasteiger partial charge is 0.357 e. The number of hydrogen-bond donors (Lipinski definition) is 1. The summed E-state index contributed by atoms with van der Waals surface area (Å²) in [5.74, 6) is -1.72. The number of aryl methyl sites for hydroxylation is 1. The summed E-state index contributed by atoms with van der Waals surface area (Å²) in [5, 5.41) is 2.89. The van der Waals surface area contributed by atoms with E-state index in [1.165, 1.54) is 48.3 Å². The summed E-state index contributed by atoms with van der Waals surface area (Å²) in [5.41, 5.74) is 1.74. The van der Waals surface area contributed by atoms with Gasteiger partial charge in [0.2, 0.25) is 11.8 Å². The van der Waals surface area contributed by atoms with Gasteiger partial charge >= 0.3 is 0 Å². The minimum atomic E-state index is -4.26. The smallest absolute Gasteiger partial charge is 0.264 e. The van der Waals surface area contributed by atoms with Crippen LogP contribution in [0.4, 0.5) is 10.1 Å². The van der Waals surface area contributed by atoms with Gasteiger partial charge in [0.15, 0.2) is 0 Å². The number of sulfonamides is 1. The number of anilines is 1. The molecule has 0 heterocycles. The van der Waals surface area contributed by atoms with Gasteiger partial charge in [-0.3, -0.25) is 13.9 Å². The molecule has 0 radical (unpaired) electrons. The Hall–Kier alpha value is -4.21. The van der Waals surface area contributed by atoms with E-state index in [0.717, 1.165) is 9.87 Å². The molecule has 0 spiro atoms. The number of amides is 2. The number of carbonyl (C=O) groups excluding carboxylic acids is 2. The predicted molar refractivity (Wildman–Crippen MR) is 162 cm³/mol. The summed E-state index contributed by atoms with van der Waals surface area (Å²) in [6, 6.07) is 26.5. The summed E-state index contributed by atoms with van der Waals surface area (Å²) in [4.78, 5) is 28.7. The summed E-state index contributed by atoms with van der Waals surface area (Å²) in [6.07, 6.45) is 0.127. The van der Waals surface area contributed by atoms with Crippen LogP contribution in [0.1, 0.15) is 16.7 Å². The fourth-order valence-electron chi connectivity index (χ4n) is 4.61. The molecule has 0 aliphatic heterocycles. The van der Waals surface area contributed by atoms with Crippen LogP contribution >= 0.6 is 11.6 Å². The van der Waals surface area contributed by atoms with Crippen LogP contribution in [0.15, 0.2) is 108 Å². The van der Waals surface area contributed by atoms with Crippen molar-refractivity contribution in [2.45, 2.75) is 30.8 Å². The Balaban J connectivity index is 1.82. The van der Waals surface area contributed by atoms with Crippen molar-refractivity contribution in [1.29, 1.82) is 0 Å². The van der Waals surface area contributed by atoms with Crippen molar-refractivity contribution in [3.8, 4) is 0 Å². The highest BCUT2D eigenvalue weighted by Crippen LogP contribution is 2.30. The fraction of sp³-hybridized carbons (Fsp3) is 0.188. The first kappa shape index (κ1) is 30.7. The molecule has 0 unspecified atom stereocenters. The molecule has 7 nitrogen and oxygen atoms in total. The molecule has 4 rings (SSSR count). The maximum atomic E-state index is 14.9. The van der Waals surface area contributed by atoms with Crippen LogP contribution in [0, 0.1) is 12.7 Å². The van der Waals surface area contributed by atoms with Crippen molar-refractivity contribution in [2.75, 3.05) is 17.9 Å². The van der Waals surface area contributed by atoms with Crippen molar-refractivity contribution in [3.05, 3.63) is 131 Å². The van der Waals surface area contributed by atoms with E-state index in [2.05, 4.69) is 5.32 Å². The maximum absolute atomic E-state index is 14.9. The zero-order valence-corrected chi connectivity index (χ0v) is 24.8. The lowest BCUT2D eigenvalue weighted by Crippen LogP contribution is -2.53. The normalized spacial score (nSPS) is 11.9. The van der Waals surface area contributed by atoms with Gasteiger partial charge in [0.25, 0.3) is 10.0 Å². The highest BCUT2D eigenvalue weighted by Gasteiger charge is 2.35. The molecule has 0 saturated carbocycles. The number of nitrogens with zero attached hydrogens (tertiary/aromatic N) is 2. The molecule has 10 heteroatoms. The third-order valence-corrected chi connectivity index (χ3v) is 8.88. The van der Waals surface area contributed by atoms with Crippen LogP contribution in [0.5, 0.6) is 0 Å². The van der Waals surface area contributed by atoms with Crippen molar-refractivity contribution in [3.63, 3.8) is 0 Å². The third-order valence-electron chi connectivity index (χ3n) is 6.87. The van der Waals surface area contributed by atoms with Gasteiger partial charge in [-0.2, -0.15) is 0 Å². The second-order valence-electron chi connectivity index (χ2n) is 9.69. The Kier molecular flexibility index (Phi) is 9.98. The third kappa shape index (κ3) is 7.16. The van der Waals surface area contributed by atoms with Crippen LogP contribution in [-0.4, -0.2) is 44.8 Å². The lowest BCUT2D eigenvalue weighted by molar-refractivity contribution is -0.139. The van der Waals surface area contributed by atoms with Gasteiger partial charge in [-0.05, 0) is 48.4 Å². The lowest BCUT2D eigenvalue weighted by atomic mass is 10.0. The minimum absolute atomic E-state index is 0.0232. The second kappa shape index (κ2) is 13.6. The topological polar surface area (TPSA) is 86.8 Å². The molecule has 2 amide bonds. The van der Waals surface area contributed by atoms with Crippen molar-refractivity contribution < 1.29 is 22.4 Å². The SMILES string of the molecule is CNC(=O)[C@@H](Cc1ccccc1)N(Cc1ccccc1F)C(=O)CN(c1cc(Cl)ccc1C)S(=O)(=O)c1ccccc1. The first-order chi connectivity index (χ1) is 20.1. The van der Waals surface area contributed by atoms with E-state index in [9.17, 15) is 22.4 Å². The predicted octanol–water partition coefficient (Wildman–Crippen LogP) is 5.37. The van der Waals surface area contributed by atoms with Gasteiger partial charge in [-0.1, -0.05) is 84.4 Å².